The first-order valence-electron chi connectivity index (χ1n) is 10.5. The Bertz CT molecular complexity index is 1210. The van der Waals surface area contributed by atoms with Crippen LogP contribution in [0, 0.1) is 5.92 Å². The molecule has 5 rings (SSSR count). The number of rotatable bonds is 3. The van der Waals surface area contributed by atoms with Gasteiger partial charge < -0.3 is 24.3 Å². The molecule has 2 N–H and O–H groups in total. The van der Waals surface area contributed by atoms with E-state index in [0.29, 0.717) is 36.2 Å². The molecule has 3 aromatic rings. The van der Waals surface area contributed by atoms with Crippen molar-refractivity contribution in [3.8, 4) is 5.75 Å². The van der Waals surface area contributed by atoms with E-state index >= 15 is 0 Å². The molecular weight excluding hydrogens is 398 g/mol. The topological polar surface area (TPSA) is 107 Å². The molecule has 160 valence electrons. The monoisotopic (exact) mass is 421 g/mol. The molecule has 2 aliphatic heterocycles. The SMILES string of the molecule is O=C(c1cc(=O)cc[nH]1)N1CCC(C2CCCN2C(=O)c2cc(O)c3ccoc3c2)C1. The van der Waals surface area contributed by atoms with Gasteiger partial charge in [0, 0.05) is 49.6 Å². The predicted octanol–water partition coefficient (Wildman–Crippen LogP) is 2.59. The number of phenols is 1. The first-order chi connectivity index (χ1) is 15.0. The van der Waals surface area contributed by atoms with Gasteiger partial charge in [0.2, 0.25) is 0 Å². The van der Waals surface area contributed by atoms with E-state index in [1.807, 2.05) is 4.90 Å². The highest BCUT2D eigenvalue weighted by Gasteiger charge is 2.39. The van der Waals surface area contributed by atoms with Crippen LogP contribution >= 0.6 is 0 Å². The highest BCUT2D eigenvalue weighted by atomic mass is 16.3. The number of furan rings is 1. The number of aromatic nitrogens is 1. The molecule has 4 heterocycles. The molecule has 2 fully saturated rings. The molecule has 2 unspecified atom stereocenters. The molecule has 8 nitrogen and oxygen atoms in total. The van der Waals surface area contributed by atoms with Crippen LogP contribution < -0.4 is 5.43 Å². The molecule has 0 saturated carbocycles. The Hall–Kier alpha value is -3.55. The van der Waals surface area contributed by atoms with Crippen LogP contribution in [0.4, 0.5) is 0 Å². The van der Waals surface area contributed by atoms with Crippen LogP contribution in [0.1, 0.15) is 40.1 Å². The van der Waals surface area contributed by atoms with Gasteiger partial charge in [-0.1, -0.05) is 0 Å². The number of hydrogen-bond acceptors (Lipinski definition) is 5. The van der Waals surface area contributed by atoms with Gasteiger partial charge in [-0.15, -0.1) is 0 Å². The number of benzene rings is 1. The zero-order valence-electron chi connectivity index (χ0n) is 16.9. The molecule has 0 radical (unpaired) electrons. The van der Waals surface area contributed by atoms with Gasteiger partial charge in [0.25, 0.3) is 11.8 Å². The Kier molecular flexibility index (Phi) is 4.77. The van der Waals surface area contributed by atoms with E-state index in [4.69, 9.17) is 4.42 Å². The van der Waals surface area contributed by atoms with Gasteiger partial charge in [-0.05, 0) is 43.4 Å². The molecule has 2 atom stereocenters. The molecular formula is C23H23N3O5. The minimum absolute atomic E-state index is 0.0276. The molecule has 0 bridgehead atoms. The Morgan fingerprint density at radius 1 is 1.10 bits per heavy atom. The number of nitrogens with one attached hydrogen (secondary N) is 1. The number of phenolic OH excluding ortho intramolecular Hbond substituents is 1. The molecule has 8 heteroatoms. The Balaban J connectivity index is 1.32. The van der Waals surface area contributed by atoms with Crippen LogP contribution in [0.2, 0.25) is 0 Å². The molecule has 2 amide bonds. The van der Waals surface area contributed by atoms with E-state index in [9.17, 15) is 19.5 Å². The van der Waals surface area contributed by atoms with Gasteiger partial charge >= 0.3 is 0 Å². The lowest BCUT2D eigenvalue weighted by molar-refractivity contribution is 0.0680. The fourth-order valence-electron chi connectivity index (χ4n) is 4.90. The van der Waals surface area contributed by atoms with E-state index in [0.717, 1.165) is 19.3 Å². The lowest BCUT2D eigenvalue weighted by Crippen LogP contribution is -2.41. The molecule has 0 aliphatic carbocycles. The van der Waals surface area contributed by atoms with Crippen LogP contribution in [0.25, 0.3) is 11.0 Å². The zero-order valence-corrected chi connectivity index (χ0v) is 16.9. The molecule has 2 aromatic heterocycles. The van der Waals surface area contributed by atoms with E-state index < -0.39 is 0 Å². The first kappa shape index (κ1) is 19.4. The summed E-state index contributed by atoms with van der Waals surface area (Å²) in [5.41, 5.74) is 0.963. The van der Waals surface area contributed by atoms with Crippen LogP contribution in [0.3, 0.4) is 0 Å². The number of H-pyrrole nitrogens is 1. The molecule has 31 heavy (non-hydrogen) atoms. The lowest BCUT2D eigenvalue weighted by atomic mass is 9.96. The Labute approximate surface area is 178 Å². The minimum atomic E-state index is -0.206. The zero-order chi connectivity index (χ0) is 21.5. The summed E-state index contributed by atoms with van der Waals surface area (Å²) in [5, 5.41) is 10.8. The van der Waals surface area contributed by atoms with Gasteiger partial charge in [0.1, 0.15) is 17.0 Å². The summed E-state index contributed by atoms with van der Waals surface area (Å²) < 4.78 is 5.37. The van der Waals surface area contributed by atoms with Crippen molar-refractivity contribution < 1.29 is 19.1 Å². The van der Waals surface area contributed by atoms with Crippen LogP contribution in [0.5, 0.6) is 5.75 Å². The van der Waals surface area contributed by atoms with E-state index in [2.05, 4.69) is 4.98 Å². The second-order valence-corrected chi connectivity index (χ2v) is 8.27. The first-order valence-corrected chi connectivity index (χ1v) is 10.5. The largest absolute Gasteiger partial charge is 0.507 e. The normalized spacial score (nSPS) is 21.2. The Morgan fingerprint density at radius 3 is 2.81 bits per heavy atom. The summed E-state index contributed by atoms with van der Waals surface area (Å²) >= 11 is 0. The number of aromatic amines is 1. The van der Waals surface area contributed by atoms with Crippen molar-refractivity contribution in [2.75, 3.05) is 19.6 Å². The summed E-state index contributed by atoms with van der Waals surface area (Å²) in [7, 11) is 0. The van der Waals surface area contributed by atoms with E-state index in [1.165, 1.54) is 30.7 Å². The van der Waals surface area contributed by atoms with Crippen molar-refractivity contribution in [1.82, 2.24) is 14.8 Å². The second kappa shape index (κ2) is 7.61. The number of nitrogens with zero attached hydrogens (tertiary/aromatic N) is 2. The standard InChI is InChI=1S/C23H23N3O5/c27-16-3-6-24-18(12-16)23(30)25-8-4-14(13-25)19-2-1-7-26(19)22(29)15-10-20(28)17-5-9-31-21(17)11-15/h3,5-6,9-12,14,19,28H,1-2,4,7-8,13H2,(H,24,27). The number of carbonyl (C=O) groups is 2. The molecule has 2 aliphatic rings. The summed E-state index contributed by atoms with van der Waals surface area (Å²) in [6, 6.07) is 7.56. The average molecular weight is 421 g/mol. The maximum Gasteiger partial charge on any atom is 0.270 e. The molecule has 0 spiro atoms. The number of likely N-dealkylation sites (tertiary alicyclic amines) is 2. The van der Waals surface area contributed by atoms with Gasteiger partial charge in [0.15, 0.2) is 5.43 Å². The van der Waals surface area contributed by atoms with E-state index in [-0.39, 0.29) is 40.6 Å². The van der Waals surface area contributed by atoms with Crippen molar-refractivity contribution in [2.45, 2.75) is 25.3 Å². The maximum atomic E-state index is 13.3. The van der Waals surface area contributed by atoms with Crippen LogP contribution in [-0.2, 0) is 0 Å². The quantitative estimate of drug-likeness (QED) is 0.676. The third-order valence-corrected chi connectivity index (χ3v) is 6.42. The summed E-state index contributed by atoms with van der Waals surface area (Å²) in [6.07, 6.45) is 5.56. The van der Waals surface area contributed by atoms with Crippen molar-refractivity contribution in [3.05, 3.63) is 64.3 Å². The van der Waals surface area contributed by atoms with Gasteiger partial charge in [-0.25, -0.2) is 0 Å². The van der Waals surface area contributed by atoms with Crippen LogP contribution in [-0.4, -0.2) is 57.4 Å². The number of aromatic hydroxyl groups is 1. The lowest BCUT2D eigenvalue weighted by Gasteiger charge is -2.29. The minimum Gasteiger partial charge on any atom is -0.507 e. The highest BCUT2D eigenvalue weighted by Crippen LogP contribution is 2.34. The van der Waals surface area contributed by atoms with Gasteiger partial charge in [-0.2, -0.15) is 0 Å². The number of hydrogen-bond donors (Lipinski definition) is 2. The Morgan fingerprint density at radius 2 is 1.97 bits per heavy atom. The van der Waals surface area contributed by atoms with Crippen LogP contribution in [0.15, 0.2) is 52.0 Å². The molecule has 2 saturated heterocycles. The number of pyridine rings is 1. The fraction of sp³-hybridized carbons (Fsp3) is 0.348. The maximum absolute atomic E-state index is 13.3. The predicted molar refractivity (Wildman–Crippen MR) is 113 cm³/mol. The van der Waals surface area contributed by atoms with Crippen molar-refractivity contribution in [3.63, 3.8) is 0 Å². The average Bonchev–Trinajstić information content (AvgIpc) is 3.52. The highest BCUT2D eigenvalue weighted by molar-refractivity contribution is 5.99. The van der Waals surface area contributed by atoms with Crippen molar-refractivity contribution >= 4 is 22.8 Å². The third-order valence-electron chi connectivity index (χ3n) is 6.42. The third kappa shape index (κ3) is 3.48. The number of carbonyl (C=O) groups excluding carboxylic acids is 2. The molecule has 1 aromatic carbocycles. The number of fused-ring (bicyclic) bond motifs is 1. The van der Waals surface area contributed by atoms with Crippen molar-refractivity contribution in [2.24, 2.45) is 5.92 Å². The number of amides is 2. The summed E-state index contributed by atoms with van der Waals surface area (Å²) in [6.45, 7) is 1.79. The summed E-state index contributed by atoms with van der Waals surface area (Å²) in [5.74, 6) is -0.121. The smallest absolute Gasteiger partial charge is 0.270 e. The van der Waals surface area contributed by atoms with E-state index in [1.54, 1.807) is 17.0 Å². The fourth-order valence-corrected chi connectivity index (χ4v) is 4.90. The van der Waals surface area contributed by atoms with Gasteiger partial charge in [0.05, 0.1) is 11.6 Å². The van der Waals surface area contributed by atoms with Crippen molar-refractivity contribution in [1.29, 1.82) is 0 Å². The second-order valence-electron chi connectivity index (χ2n) is 8.27. The van der Waals surface area contributed by atoms with Gasteiger partial charge in [-0.3, -0.25) is 14.4 Å². The summed E-state index contributed by atoms with van der Waals surface area (Å²) in [4.78, 5) is 44.1.